The number of nitrogens with zero attached hydrogens (tertiary/aromatic N) is 2. The van der Waals surface area contributed by atoms with Crippen LogP contribution in [0.15, 0.2) is 42.5 Å². The van der Waals surface area contributed by atoms with E-state index in [1.165, 1.54) is 27.5 Å². The summed E-state index contributed by atoms with van der Waals surface area (Å²) >= 11 is 8.50. The molecule has 2 heterocycles. The van der Waals surface area contributed by atoms with Crippen molar-refractivity contribution in [3.8, 4) is 16.9 Å². The van der Waals surface area contributed by atoms with E-state index in [0.29, 0.717) is 0 Å². The first-order valence-electron chi connectivity index (χ1n) is 8.52. The number of benzene rings is 2. The zero-order valence-electron chi connectivity index (χ0n) is 14.0. The van der Waals surface area contributed by atoms with Crippen molar-refractivity contribution in [2.75, 3.05) is 11.9 Å². The molecule has 0 aliphatic carbocycles. The zero-order chi connectivity index (χ0) is 17.4. The Morgan fingerprint density at radius 3 is 2.84 bits per heavy atom. The van der Waals surface area contributed by atoms with E-state index in [1.807, 2.05) is 12.1 Å². The standard InChI is InChI=1S/C20H19ClIN3/c1-13-11-15(21)8-9-18(13)25-20-17(7-2-3-10-23-20)19(24-25)14-5-4-6-16(22)12-14/h4-6,8-9,11-12,23H,2-3,7,10H2,1H3. The molecule has 3 nitrogen and oxygen atoms in total. The van der Waals surface area contributed by atoms with Gasteiger partial charge in [-0.3, -0.25) is 0 Å². The zero-order valence-corrected chi connectivity index (χ0v) is 16.9. The summed E-state index contributed by atoms with van der Waals surface area (Å²) in [4.78, 5) is 0. The van der Waals surface area contributed by atoms with Crippen LogP contribution in [0.1, 0.15) is 24.0 Å². The first kappa shape index (κ1) is 16.9. The lowest BCUT2D eigenvalue weighted by molar-refractivity contribution is 0.779. The maximum Gasteiger partial charge on any atom is 0.133 e. The minimum absolute atomic E-state index is 0.755. The molecule has 0 amide bonds. The molecule has 0 fully saturated rings. The third-order valence-corrected chi connectivity index (χ3v) is 5.52. The van der Waals surface area contributed by atoms with Crippen molar-refractivity contribution >= 4 is 40.0 Å². The van der Waals surface area contributed by atoms with E-state index in [2.05, 4.69) is 69.8 Å². The lowest BCUT2D eigenvalue weighted by Gasteiger charge is -2.11. The largest absolute Gasteiger partial charge is 0.370 e. The Bertz CT molecular complexity index is 933. The van der Waals surface area contributed by atoms with Crippen molar-refractivity contribution in [2.24, 2.45) is 0 Å². The maximum atomic E-state index is 6.15. The number of anilines is 1. The highest BCUT2D eigenvalue weighted by Gasteiger charge is 2.22. The van der Waals surface area contributed by atoms with Gasteiger partial charge in [-0.1, -0.05) is 23.7 Å². The number of rotatable bonds is 2. The Kier molecular flexibility index (Phi) is 4.73. The van der Waals surface area contributed by atoms with Gasteiger partial charge in [-0.25, -0.2) is 4.68 Å². The fourth-order valence-electron chi connectivity index (χ4n) is 3.40. The molecule has 3 aromatic rings. The number of fused-ring (bicyclic) bond motifs is 1. The molecule has 128 valence electrons. The van der Waals surface area contributed by atoms with Crippen LogP contribution in [0.5, 0.6) is 0 Å². The number of aromatic nitrogens is 2. The summed E-state index contributed by atoms with van der Waals surface area (Å²) in [6.45, 7) is 3.06. The minimum atomic E-state index is 0.755. The van der Waals surface area contributed by atoms with Gasteiger partial charge in [-0.2, -0.15) is 5.10 Å². The van der Waals surface area contributed by atoms with E-state index in [-0.39, 0.29) is 0 Å². The second kappa shape index (κ2) is 7.00. The van der Waals surface area contributed by atoms with E-state index in [4.69, 9.17) is 16.7 Å². The number of nitrogens with one attached hydrogen (secondary N) is 1. The third-order valence-electron chi connectivity index (χ3n) is 4.61. The van der Waals surface area contributed by atoms with Crippen LogP contribution >= 0.6 is 34.2 Å². The fourth-order valence-corrected chi connectivity index (χ4v) is 4.17. The van der Waals surface area contributed by atoms with Crippen LogP contribution in [0.4, 0.5) is 5.82 Å². The van der Waals surface area contributed by atoms with Crippen LogP contribution in [0.2, 0.25) is 5.02 Å². The molecule has 2 aromatic carbocycles. The second-order valence-electron chi connectivity index (χ2n) is 6.41. The quantitative estimate of drug-likeness (QED) is 0.483. The molecule has 0 radical (unpaired) electrons. The van der Waals surface area contributed by atoms with Crippen molar-refractivity contribution < 1.29 is 0 Å². The van der Waals surface area contributed by atoms with Crippen LogP contribution in [0.25, 0.3) is 16.9 Å². The van der Waals surface area contributed by atoms with E-state index in [9.17, 15) is 0 Å². The number of hydrogen-bond acceptors (Lipinski definition) is 2. The first-order valence-corrected chi connectivity index (χ1v) is 9.97. The average Bonchev–Trinajstić information content (AvgIpc) is 2.77. The number of hydrogen-bond donors (Lipinski definition) is 1. The van der Waals surface area contributed by atoms with Gasteiger partial charge < -0.3 is 5.32 Å². The molecule has 25 heavy (non-hydrogen) atoms. The molecule has 1 aliphatic heterocycles. The van der Waals surface area contributed by atoms with Gasteiger partial charge >= 0.3 is 0 Å². The molecule has 0 bridgehead atoms. The Balaban J connectivity index is 1.93. The SMILES string of the molecule is Cc1cc(Cl)ccc1-n1nc(-c2cccc(I)c2)c2c1NCCCC2. The molecule has 1 N–H and O–H groups in total. The van der Waals surface area contributed by atoms with Crippen LogP contribution in [-0.4, -0.2) is 16.3 Å². The van der Waals surface area contributed by atoms with Crippen molar-refractivity contribution in [2.45, 2.75) is 26.2 Å². The van der Waals surface area contributed by atoms with Gasteiger partial charge in [0.2, 0.25) is 0 Å². The smallest absolute Gasteiger partial charge is 0.133 e. The normalized spacial score (nSPS) is 13.9. The molecule has 0 atom stereocenters. The van der Waals surface area contributed by atoms with Crippen molar-refractivity contribution in [1.82, 2.24) is 9.78 Å². The van der Waals surface area contributed by atoms with Gasteiger partial charge in [0, 0.05) is 26.3 Å². The predicted molar refractivity (Wildman–Crippen MR) is 113 cm³/mol. The van der Waals surface area contributed by atoms with Gasteiger partial charge in [0.15, 0.2) is 0 Å². The van der Waals surface area contributed by atoms with Gasteiger partial charge in [0.1, 0.15) is 5.82 Å². The molecular formula is C20H19ClIN3. The summed E-state index contributed by atoms with van der Waals surface area (Å²) in [5, 5.41) is 9.37. The number of halogens is 2. The van der Waals surface area contributed by atoms with Crippen molar-refractivity contribution in [3.05, 3.63) is 62.2 Å². The molecule has 0 spiro atoms. The fraction of sp³-hybridized carbons (Fsp3) is 0.250. The van der Waals surface area contributed by atoms with E-state index < -0.39 is 0 Å². The van der Waals surface area contributed by atoms with E-state index in [0.717, 1.165) is 40.8 Å². The topological polar surface area (TPSA) is 29.9 Å². The lowest BCUT2D eigenvalue weighted by atomic mass is 10.0. The molecule has 1 aliphatic rings. The number of aryl methyl sites for hydroxylation is 1. The van der Waals surface area contributed by atoms with Crippen LogP contribution in [0.3, 0.4) is 0 Å². The minimum Gasteiger partial charge on any atom is -0.370 e. The molecule has 5 heteroatoms. The Hall–Kier alpha value is -1.53. The highest BCUT2D eigenvalue weighted by Crippen LogP contribution is 2.35. The Morgan fingerprint density at radius 2 is 2.04 bits per heavy atom. The van der Waals surface area contributed by atoms with Crippen LogP contribution < -0.4 is 5.32 Å². The van der Waals surface area contributed by atoms with E-state index >= 15 is 0 Å². The van der Waals surface area contributed by atoms with Gasteiger partial charge in [0.05, 0.1) is 11.4 Å². The lowest BCUT2D eigenvalue weighted by Crippen LogP contribution is -2.08. The molecule has 1 aromatic heterocycles. The summed E-state index contributed by atoms with van der Waals surface area (Å²) in [6, 6.07) is 14.5. The third kappa shape index (κ3) is 3.29. The second-order valence-corrected chi connectivity index (χ2v) is 8.09. The monoisotopic (exact) mass is 463 g/mol. The van der Waals surface area contributed by atoms with Gasteiger partial charge in [-0.15, -0.1) is 0 Å². The summed E-state index contributed by atoms with van der Waals surface area (Å²) < 4.78 is 3.28. The molecule has 0 saturated heterocycles. The van der Waals surface area contributed by atoms with Crippen LogP contribution in [-0.2, 0) is 6.42 Å². The molecule has 0 unspecified atom stereocenters. The maximum absolute atomic E-state index is 6.15. The van der Waals surface area contributed by atoms with Crippen molar-refractivity contribution in [3.63, 3.8) is 0 Å². The molecular weight excluding hydrogens is 445 g/mol. The van der Waals surface area contributed by atoms with Crippen LogP contribution in [0, 0.1) is 10.5 Å². The highest BCUT2D eigenvalue weighted by molar-refractivity contribution is 14.1. The molecule has 0 saturated carbocycles. The van der Waals surface area contributed by atoms with Gasteiger partial charge in [0.25, 0.3) is 0 Å². The Morgan fingerprint density at radius 1 is 1.16 bits per heavy atom. The highest BCUT2D eigenvalue weighted by atomic mass is 127. The van der Waals surface area contributed by atoms with Gasteiger partial charge in [-0.05, 0) is 84.7 Å². The van der Waals surface area contributed by atoms with E-state index in [1.54, 1.807) is 0 Å². The first-order chi connectivity index (χ1) is 12.1. The summed E-state index contributed by atoms with van der Waals surface area (Å²) in [6.07, 6.45) is 3.41. The summed E-state index contributed by atoms with van der Waals surface area (Å²) in [5.74, 6) is 1.12. The van der Waals surface area contributed by atoms with Crippen molar-refractivity contribution in [1.29, 1.82) is 0 Å². The average molecular weight is 464 g/mol. The predicted octanol–water partition coefficient (Wildman–Crippen LogP) is 5.85. The Labute approximate surface area is 166 Å². The molecule has 4 rings (SSSR count). The summed E-state index contributed by atoms with van der Waals surface area (Å²) in [7, 11) is 0. The summed E-state index contributed by atoms with van der Waals surface area (Å²) in [5.41, 5.74) is 5.77.